The van der Waals surface area contributed by atoms with Gasteiger partial charge in [0, 0.05) is 18.3 Å². The van der Waals surface area contributed by atoms with Gasteiger partial charge in [0.1, 0.15) is 12.2 Å². The lowest BCUT2D eigenvalue weighted by Gasteiger charge is -2.72. The van der Waals surface area contributed by atoms with Gasteiger partial charge in [0.15, 0.2) is 0 Å². The molecule has 1 N–H and O–H groups in total. The first-order chi connectivity index (χ1) is 16.7. The van der Waals surface area contributed by atoms with Gasteiger partial charge in [0.05, 0.1) is 0 Å². The van der Waals surface area contributed by atoms with Gasteiger partial charge in [0.25, 0.3) is 0 Å². The Labute approximate surface area is 219 Å². The molecule has 0 aromatic rings. The zero-order valence-corrected chi connectivity index (χ0v) is 24.4. The van der Waals surface area contributed by atoms with Crippen LogP contribution in [-0.4, -0.2) is 23.4 Å². The molecule has 0 saturated heterocycles. The third-order valence-electron chi connectivity index (χ3n) is 13.7. The molecule has 0 aromatic heterocycles. The Morgan fingerprint density at radius 1 is 0.944 bits per heavy atom. The molecule has 4 heteroatoms. The number of esters is 1. The van der Waals surface area contributed by atoms with Crippen LogP contribution >= 0.6 is 0 Å². The number of allylic oxidation sites excluding steroid dienone is 1. The van der Waals surface area contributed by atoms with E-state index in [1.54, 1.807) is 5.57 Å². The van der Waals surface area contributed by atoms with Crippen molar-refractivity contribution in [1.82, 2.24) is 0 Å². The van der Waals surface area contributed by atoms with Gasteiger partial charge in [0.2, 0.25) is 0 Å². The maximum Gasteiger partial charge on any atom is 0.302 e. The van der Waals surface area contributed by atoms with Gasteiger partial charge < -0.3 is 4.74 Å². The molecule has 0 aromatic carbocycles. The van der Waals surface area contributed by atoms with Crippen LogP contribution in [0.2, 0.25) is 0 Å². The molecule has 0 radical (unpaired) electrons. The van der Waals surface area contributed by atoms with Crippen molar-refractivity contribution in [3.63, 3.8) is 0 Å². The van der Waals surface area contributed by atoms with Crippen LogP contribution in [-0.2, 0) is 14.4 Å². The zero-order chi connectivity index (χ0) is 26.5. The highest BCUT2D eigenvalue weighted by molar-refractivity contribution is 5.66. The maximum atomic E-state index is 11.9. The van der Waals surface area contributed by atoms with Crippen LogP contribution in [0.4, 0.5) is 0 Å². The van der Waals surface area contributed by atoms with E-state index in [1.807, 2.05) is 0 Å². The number of fused-ring (bicyclic) bond motifs is 7. The Hall–Kier alpha value is -0.870. The first-order valence-electron chi connectivity index (χ1n) is 14.9. The van der Waals surface area contributed by atoms with Crippen molar-refractivity contribution in [3.05, 3.63) is 11.6 Å². The Balaban J connectivity index is 1.61. The van der Waals surface area contributed by atoms with Gasteiger partial charge >= 0.3 is 5.97 Å². The summed E-state index contributed by atoms with van der Waals surface area (Å²) in [6.45, 7) is 21.2. The van der Waals surface area contributed by atoms with Gasteiger partial charge in [-0.05, 0) is 96.7 Å². The Morgan fingerprint density at radius 3 is 2.28 bits per heavy atom. The van der Waals surface area contributed by atoms with E-state index in [1.165, 1.54) is 32.6 Å². The lowest BCUT2D eigenvalue weighted by atomic mass is 9.33. The molecule has 5 rings (SSSR count). The molecule has 204 valence electrons. The summed E-state index contributed by atoms with van der Waals surface area (Å²) in [4.78, 5) is 17.4. The largest absolute Gasteiger partial charge is 0.462 e. The number of carbonyl (C=O) groups excluding carboxylic acids is 1. The Kier molecular flexibility index (Phi) is 6.17. The van der Waals surface area contributed by atoms with Gasteiger partial charge in [-0.2, -0.15) is 0 Å². The van der Waals surface area contributed by atoms with Crippen molar-refractivity contribution in [2.45, 2.75) is 126 Å². The van der Waals surface area contributed by atoms with E-state index in [-0.39, 0.29) is 45.8 Å². The van der Waals surface area contributed by atoms with Crippen LogP contribution in [0.1, 0.15) is 114 Å². The lowest BCUT2D eigenvalue weighted by Crippen LogP contribution is -2.68. The fourth-order valence-electron chi connectivity index (χ4n) is 11.4. The number of rotatable bonds is 2. The van der Waals surface area contributed by atoms with Crippen LogP contribution < -0.4 is 0 Å². The van der Waals surface area contributed by atoms with Gasteiger partial charge in [-0.15, -0.1) is 0 Å². The first kappa shape index (κ1) is 26.7. The summed E-state index contributed by atoms with van der Waals surface area (Å²) in [5, 5.41) is 10.5. The summed E-state index contributed by atoms with van der Waals surface area (Å²) in [6, 6.07) is 0. The molecular weight excluding hydrogens is 448 g/mol. The highest BCUT2D eigenvalue weighted by Crippen LogP contribution is 2.76. The second kappa shape index (κ2) is 8.31. The summed E-state index contributed by atoms with van der Waals surface area (Å²) in [5.41, 5.74) is 2.03. The molecule has 11 atom stereocenters. The van der Waals surface area contributed by atoms with Gasteiger partial charge in [-0.1, -0.05) is 67.0 Å². The molecule has 0 aliphatic heterocycles. The molecular formula is C32H52O4. The number of ether oxygens (including phenoxy) is 1. The van der Waals surface area contributed by atoms with E-state index < -0.39 is 0 Å². The van der Waals surface area contributed by atoms with E-state index in [9.17, 15) is 10.1 Å². The van der Waals surface area contributed by atoms with Crippen molar-refractivity contribution in [2.24, 2.45) is 56.7 Å². The molecule has 0 bridgehead atoms. The lowest BCUT2D eigenvalue weighted by molar-refractivity contribution is -0.323. The SMILES string of the molecule is CC(=O)OC1CC[C@@]2(C)C(CC[C@]3(C)C2[C@@H](OO)C=C2C4C(C)[C@H](C)CC[C@]4(C)CC[C@]23C)C1(C)C. The average Bonchev–Trinajstić information content (AvgIpc) is 2.79. The highest BCUT2D eigenvalue weighted by Gasteiger charge is 2.70. The molecule has 4 fully saturated rings. The first-order valence-corrected chi connectivity index (χ1v) is 14.9. The summed E-state index contributed by atoms with van der Waals surface area (Å²) in [7, 11) is 0. The minimum absolute atomic E-state index is 0.0117. The molecule has 5 aliphatic rings. The quantitative estimate of drug-likeness (QED) is 0.180. The second-order valence-electron chi connectivity index (χ2n) is 15.5. The van der Waals surface area contributed by atoms with E-state index in [0.717, 1.165) is 31.6 Å². The average molecular weight is 501 g/mol. The van der Waals surface area contributed by atoms with Gasteiger partial charge in [-0.3, -0.25) is 10.1 Å². The molecule has 5 aliphatic carbocycles. The molecule has 4 saturated carbocycles. The van der Waals surface area contributed by atoms with E-state index in [2.05, 4.69) is 61.5 Å². The molecule has 0 amide bonds. The Bertz CT molecular complexity index is 938. The van der Waals surface area contributed by atoms with Crippen LogP contribution in [0.15, 0.2) is 11.6 Å². The molecule has 0 spiro atoms. The minimum Gasteiger partial charge on any atom is -0.462 e. The van der Waals surface area contributed by atoms with E-state index in [0.29, 0.717) is 23.2 Å². The fourth-order valence-corrected chi connectivity index (χ4v) is 11.4. The molecule has 4 nitrogen and oxygen atoms in total. The van der Waals surface area contributed by atoms with Crippen molar-refractivity contribution < 1.29 is 19.7 Å². The zero-order valence-electron chi connectivity index (χ0n) is 24.4. The predicted molar refractivity (Wildman–Crippen MR) is 143 cm³/mol. The molecule has 36 heavy (non-hydrogen) atoms. The van der Waals surface area contributed by atoms with E-state index >= 15 is 0 Å². The minimum atomic E-state index is -0.279. The topological polar surface area (TPSA) is 55.8 Å². The van der Waals surface area contributed by atoms with Crippen LogP contribution in [0, 0.1) is 56.7 Å². The van der Waals surface area contributed by atoms with Crippen LogP contribution in [0.3, 0.4) is 0 Å². The molecule has 5 unspecified atom stereocenters. The van der Waals surface area contributed by atoms with Crippen LogP contribution in [0.5, 0.6) is 0 Å². The summed E-state index contributed by atoms with van der Waals surface area (Å²) in [5.74, 6) is 2.43. The number of hydrogen-bond acceptors (Lipinski definition) is 4. The number of carbonyl (C=O) groups is 1. The monoisotopic (exact) mass is 500 g/mol. The summed E-state index contributed by atoms with van der Waals surface area (Å²) in [6.07, 6.45) is 11.4. The van der Waals surface area contributed by atoms with E-state index in [4.69, 9.17) is 9.62 Å². The smallest absolute Gasteiger partial charge is 0.302 e. The van der Waals surface area contributed by atoms with Crippen molar-refractivity contribution >= 4 is 5.97 Å². The predicted octanol–water partition coefficient (Wildman–Crippen LogP) is 8.06. The summed E-state index contributed by atoms with van der Waals surface area (Å²) < 4.78 is 5.88. The molecule has 0 heterocycles. The number of hydrogen-bond donors (Lipinski definition) is 1. The highest BCUT2D eigenvalue weighted by atomic mass is 17.1. The van der Waals surface area contributed by atoms with Crippen LogP contribution in [0.25, 0.3) is 0 Å². The fraction of sp³-hybridized carbons (Fsp3) is 0.906. The maximum absolute atomic E-state index is 11.9. The van der Waals surface area contributed by atoms with Crippen molar-refractivity contribution in [3.8, 4) is 0 Å². The van der Waals surface area contributed by atoms with Gasteiger partial charge in [-0.25, -0.2) is 4.89 Å². The second-order valence-corrected chi connectivity index (χ2v) is 15.5. The third-order valence-corrected chi connectivity index (χ3v) is 13.7. The summed E-state index contributed by atoms with van der Waals surface area (Å²) >= 11 is 0. The van der Waals surface area contributed by atoms with Crippen molar-refractivity contribution in [2.75, 3.05) is 0 Å². The third kappa shape index (κ3) is 3.34. The van der Waals surface area contributed by atoms with Crippen molar-refractivity contribution in [1.29, 1.82) is 0 Å². The Morgan fingerprint density at radius 2 is 1.64 bits per heavy atom. The standard InChI is InChI=1S/C32H52O4/c1-19-10-13-29(6)16-17-31(8)22(26(29)20(19)2)18-23(36-34)27-30(7)14-12-25(35-21(3)33)28(4,5)24(30)11-15-32(27,31)9/h18-20,23-27,34H,10-17H2,1-9H3/t19-,20?,23+,24?,25?,26?,27?,29-,30+,31-,32-/m1/s1. The normalized spacial score (nSPS) is 53.7.